The first-order valence-electron chi connectivity index (χ1n) is 5.53. The summed E-state index contributed by atoms with van der Waals surface area (Å²) < 4.78 is 0. The summed E-state index contributed by atoms with van der Waals surface area (Å²) in [5.41, 5.74) is 0.297. The predicted octanol–water partition coefficient (Wildman–Crippen LogP) is 1.93. The quantitative estimate of drug-likeness (QED) is 0.756. The van der Waals surface area contributed by atoms with Crippen molar-refractivity contribution in [2.75, 3.05) is 6.54 Å². The van der Waals surface area contributed by atoms with Crippen LogP contribution in [-0.4, -0.2) is 34.2 Å². The zero-order valence-electron chi connectivity index (χ0n) is 9.52. The summed E-state index contributed by atoms with van der Waals surface area (Å²) in [5.74, 6) is -0.192. The molecule has 1 aliphatic heterocycles. The van der Waals surface area contributed by atoms with Gasteiger partial charge < -0.3 is 4.90 Å². The summed E-state index contributed by atoms with van der Waals surface area (Å²) >= 11 is 5.75. The number of carbonyl (C=O) groups excluding carboxylic acids is 2. The molecule has 17 heavy (non-hydrogen) atoms. The van der Waals surface area contributed by atoms with Gasteiger partial charge in [0.05, 0.1) is 6.04 Å². The number of rotatable bonds is 2. The smallest absolute Gasteiger partial charge is 0.273 e. The van der Waals surface area contributed by atoms with Crippen LogP contribution in [0.4, 0.5) is 0 Å². The lowest BCUT2D eigenvalue weighted by Crippen LogP contribution is -2.39. The molecule has 0 bridgehead atoms. The number of likely N-dealkylation sites (tertiary alicyclic amines) is 1. The second-order valence-electron chi connectivity index (χ2n) is 4.11. The molecule has 2 heterocycles. The fourth-order valence-electron chi connectivity index (χ4n) is 2.11. The maximum atomic E-state index is 12.2. The highest BCUT2D eigenvalue weighted by Crippen LogP contribution is 2.20. The minimum atomic E-state index is -0.303. The molecule has 1 aromatic rings. The number of Topliss-reactive ketones (excluding diaryl/α,β-unsaturated/α-hetero) is 1. The van der Waals surface area contributed by atoms with Gasteiger partial charge in [-0.05, 0) is 31.9 Å². The van der Waals surface area contributed by atoms with Gasteiger partial charge in [0, 0.05) is 6.54 Å². The summed E-state index contributed by atoms with van der Waals surface area (Å²) in [5, 5.41) is 0.287. The molecule has 1 saturated heterocycles. The van der Waals surface area contributed by atoms with E-state index >= 15 is 0 Å². The predicted molar refractivity (Wildman–Crippen MR) is 64.0 cm³/mol. The van der Waals surface area contributed by atoms with Crippen molar-refractivity contribution in [2.24, 2.45) is 0 Å². The first kappa shape index (κ1) is 12.0. The summed E-state index contributed by atoms with van der Waals surface area (Å²) in [7, 11) is 0. The highest BCUT2D eigenvalue weighted by Gasteiger charge is 2.32. The van der Waals surface area contributed by atoms with Gasteiger partial charge in [0.2, 0.25) is 0 Å². The van der Waals surface area contributed by atoms with E-state index in [0.29, 0.717) is 12.2 Å². The molecule has 5 heteroatoms. The third-order valence-corrected chi connectivity index (χ3v) is 3.13. The van der Waals surface area contributed by atoms with Gasteiger partial charge >= 0.3 is 0 Å². The molecule has 0 radical (unpaired) electrons. The number of hydrogen-bond acceptors (Lipinski definition) is 3. The molecule has 0 spiro atoms. The Labute approximate surface area is 105 Å². The normalized spacial score (nSPS) is 19.4. The molecule has 1 aromatic heterocycles. The Bertz CT molecular complexity index is 462. The molecular formula is C12H13ClN2O2. The van der Waals surface area contributed by atoms with Crippen molar-refractivity contribution in [3.63, 3.8) is 0 Å². The topological polar surface area (TPSA) is 50.3 Å². The molecular weight excluding hydrogens is 240 g/mol. The van der Waals surface area contributed by atoms with Gasteiger partial charge in [0.1, 0.15) is 10.8 Å². The molecule has 2 rings (SSSR count). The zero-order chi connectivity index (χ0) is 12.4. The number of carbonyl (C=O) groups is 2. The molecule has 0 saturated carbocycles. The van der Waals surface area contributed by atoms with Crippen LogP contribution in [0.2, 0.25) is 5.15 Å². The largest absolute Gasteiger partial charge is 0.327 e. The maximum absolute atomic E-state index is 12.2. The summed E-state index contributed by atoms with van der Waals surface area (Å²) in [6.45, 7) is 2.12. The highest BCUT2D eigenvalue weighted by molar-refractivity contribution is 6.29. The number of ketones is 1. The number of hydrogen-bond donors (Lipinski definition) is 0. The Morgan fingerprint density at radius 1 is 1.47 bits per heavy atom. The number of aromatic nitrogens is 1. The Hall–Kier alpha value is -1.42. The van der Waals surface area contributed by atoms with Gasteiger partial charge in [-0.3, -0.25) is 9.59 Å². The molecule has 1 fully saturated rings. The Morgan fingerprint density at radius 3 is 2.88 bits per heavy atom. The van der Waals surface area contributed by atoms with Crippen LogP contribution in [0, 0.1) is 0 Å². The molecule has 90 valence electrons. The molecule has 1 atom stereocenters. The van der Waals surface area contributed by atoms with Crippen LogP contribution >= 0.6 is 11.6 Å². The van der Waals surface area contributed by atoms with E-state index in [4.69, 9.17) is 11.6 Å². The zero-order valence-corrected chi connectivity index (χ0v) is 10.3. The second kappa shape index (κ2) is 4.84. The molecule has 0 aromatic carbocycles. The van der Waals surface area contributed by atoms with E-state index in [1.165, 1.54) is 6.92 Å². The maximum Gasteiger partial charge on any atom is 0.273 e. The van der Waals surface area contributed by atoms with E-state index in [1.54, 1.807) is 23.1 Å². The van der Waals surface area contributed by atoms with Crippen molar-refractivity contribution in [1.29, 1.82) is 0 Å². The fourth-order valence-corrected chi connectivity index (χ4v) is 2.27. The third-order valence-electron chi connectivity index (χ3n) is 2.92. The van der Waals surface area contributed by atoms with E-state index in [-0.39, 0.29) is 22.9 Å². The van der Waals surface area contributed by atoms with E-state index < -0.39 is 0 Å². The highest BCUT2D eigenvalue weighted by atomic mass is 35.5. The lowest BCUT2D eigenvalue weighted by Gasteiger charge is -2.22. The van der Waals surface area contributed by atoms with E-state index in [0.717, 1.165) is 12.8 Å². The number of pyridine rings is 1. The first-order valence-corrected chi connectivity index (χ1v) is 5.91. The molecule has 1 amide bonds. The Balaban J connectivity index is 2.23. The average Bonchev–Trinajstić information content (AvgIpc) is 2.77. The Kier molecular flexibility index (Phi) is 3.43. The molecule has 0 unspecified atom stereocenters. The van der Waals surface area contributed by atoms with Crippen LogP contribution in [0.25, 0.3) is 0 Å². The van der Waals surface area contributed by atoms with Gasteiger partial charge in [-0.2, -0.15) is 0 Å². The van der Waals surface area contributed by atoms with Gasteiger partial charge in [0.25, 0.3) is 5.91 Å². The lowest BCUT2D eigenvalue weighted by molar-refractivity contribution is -0.120. The van der Waals surface area contributed by atoms with E-state index in [2.05, 4.69) is 4.98 Å². The molecule has 4 nitrogen and oxygen atoms in total. The van der Waals surface area contributed by atoms with E-state index in [1.807, 2.05) is 0 Å². The van der Waals surface area contributed by atoms with E-state index in [9.17, 15) is 9.59 Å². The van der Waals surface area contributed by atoms with Crippen molar-refractivity contribution in [3.8, 4) is 0 Å². The molecule has 0 N–H and O–H groups in total. The fraction of sp³-hybridized carbons (Fsp3) is 0.417. The van der Waals surface area contributed by atoms with Crippen LogP contribution in [-0.2, 0) is 4.79 Å². The average molecular weight is 253 g/mol. The first-order chi connectivity index (χ1) is 8.09. The number of halogens is 1. The van der Waals surface area contributed by atoms with Crippen LogP contribution in [0.5, 0.6) is 0 Å². The molecule has 0 aliphatic carbocycles. The van der Waals surface area contributed by atoms with Crippen molar-refractivity contribution in [3.05, 3.63) is 29.0 Å². The van der Waals surface area contributed by atoms with Gasteiger partial charge in [-0.25, -0.2) is 4.98 Å². The number of nitrogens with zero attached hydrogens (tertiary/aromatic N) is 2. The third kappa shape index (κ3) is 2.47. The lowest BCUT2D eigenvalue weighted by atomic mass is 10.1. The van der Waals surface area contributed by atoms with Crippen molar-refractivity contribution in [1.82, 2.24) is 9.88 Å². The minimum absolute atomic E-state index is 0.0258. The van der Waals surface area contributed by atoms with Crippen molar-refractivity contribution >= 4 is 23.3 Å². The van der Waals surface area contributed by atoms with Crippen LogP contribution in [0.3, 0.4) is 0 Å². The number of amides is 1. The van der Waals surface area contributed by atoms with Crippen molar-refractivity contribution < 1.29 is 9.59 Å². The van der Waals surface area contributed by atoms with Gasteiger partial charge in [0.15, 0.2) is 5.78 Å². The minimum Gasteiger partial charge on any atom is -0.327 e. The summed E-state index contributed by atoms with van der Waals surface area (Å²) in [6, 6.07) is 4.61. The summed E-state index contributed by atoms with van der Waals surface area (Å²) in [6.07, 6.45) is 1.60. The van der Waals surface area contributed by atoms with Gasteiger partial charge in [-0.1, -0.05) is 17.7 Å². The second-order valence-corrected chi connectivity index (χ2v) is 4.50. The summed E-state index contributed by atoms with van der Waals surface area (Å²) in [4.78, 5) is 29.1. The standard InChI is InChI=1S/C12H13ClN2O2/c1-8(16)10-5-3-7-15(10)12(17)9-4-2-6-11(13)14-9/h2,4,6,10H,3,5,7H2,1H3/t10-/m0/s1. The Morgan fingerprint density at radius 2 is 2.24 bits per heavy atom. The van der Waals surface area contributed by atoms with Crippen molar-refractivity contribution in [2.45, 2.75) is 25.8 Å². The van der Waals surface area contributed by atoms with Crippen LogP contribution < -0.4 is 0 Å². The SMILES string of the molecule is CC(=O)[C@@H]1CCCN1C(=O)c1cccc(Cl)n1. The molecule has 1 aliphatic rings. The monoisotopic (exact) mass is 252 g/mol. The van der Waals surface area contributed by atoms with Gasteiger partial charge in [-0.15, -0.1) is 0 Å². The van der Waals surface area contributed by atoms with Crippen LogP contribution in [0.1, 0.15) is 30.3 Å². The van der Waals surface area contributed by atoms with Crippen LogP contribution in [0.15, 0.2) is 18.2 Å².